The molecule has 2 unspecified atom stereocenters. The lowest BCUT2D eigenvalue weighted by Crippen LogP contribution is -2.27. The summed E-state index contributed by atoms with van der Waals surface area (Å²) in [5.74, 6) is -0.114. The summed E-state index contributed by atoms with van der Waals surface area (Å²) in [4.78, 5) is 3.93. The normalized spacial score (nSPS) is 28.6. The molecule has 2 rings (SSSR count). The lowest BCUT2D eigenvalue weighted by atomic mass is 10.1. The van der Waals surface area contributed by atoms with E-state index in [0.29, 0.717) is 12.2 Å². The average molecular weight is 258 g/mol. The summed E-state index contributed by atoms with van der Waals surface area (Å²) in [6.45, 7) is 2.52. The predicted octanol–water partition coefficient (Wildman–Crippen LogP) is 0.916. The first kappa shape index (κ1) is 12.4. The fourth-order valence-electron chi connectivity index (χ4n) is 2.00. The Bertz CT molecular complexity index is 487. The van der Waals surface area contributed by atoms with E-state index in [1.165, 1.54) is 12.1 Å². The van der Waals surface area contributed by atoms with E-state index >= 15 is 0 Å². The van der Waals surface area contributed by atoms with Crippen molar-refractivity contribution in [1.82, 2.24) is 10.3 Å². The maximum atomic E-state index is 12.7. The molecule has 0 aromatic carbocycles. The summed E-state index contributed by atoms with van der Waals surface area (Å²) in [7, 11) is -3.07. The molecule has 0 bridgehead atoms. The van der Waals surface area contributed by atoms with Crippen LogP contribution in [0.3, 0.4) is 0 Å². The second-order valence-corrected chi connectivity index (χ2v) is 6.70. The van der Waals surface area contributed by atoms with Crippen molar-refractivity contribution in [2.75, 3.05) is 18.1 Å². The minimum absolute atomic E-state index is 0.0238. The summed E-state index contributed by atoms with van der Waals surface area (Å²) < 4.78 is 36.3. The van der Waals surface area contributed by atoms with Gasteiger partial charge in [-0.15, -0.1) is 0 Å². The number of sulfone groups is 1. The van der Waals surface area contributed by atoms with Crippen LogP contribution in [0.4, 0.5) is 4.39 Å². The molecule has 0 spiro atoms. The van der Waals surface area contributed by atoms with Crippen LogP contribution >= 0.6 is 0 Å². The van der Waals surface area contributed by atoms with Crippen LogP contribution in [0.2, 0.25) is 0 Å². The van der Waals surface area contributed by atoms with E-state index in [1.54, 1.807) is 0 Å². The number of hydrogen-bond acceptors (Lipinski definition) is 4. The zero-order chi connectivity index (χ0) is 12.5. The minimum Gasteiger partial charge on any atom is -0.307 e. The zero-order valence-electron chi connectivity index (χ0n) is 9.56. The number of pyridine rings is 1. The number of nitrogens with zero attached hydrogens (tertiary/aromatic N) is 1. The van der Waals surface area contributed by atoms with Crippen LogP contribution < -0.4 is 5.32 Å². The van der Waals surface area contributed by atoms with Crippen LogP contribution in [-0.4, -0.2) is 31.5 Å². The Morgan fingerprint density at radius 2 is 2.18 bits per heavy atom. The van der Waals surface area contributed by atoms with Gasteiger partial charge in [0.05, 0.1) is 29.4 Å². The van der Waals surface area contributed by atoms with Gasteiger partial charge in [-0.25, -0.2) is 12.8 Å². The van der Waals surface area contributed by atoms with Crippen LogP contribution in [0, 0.1) is 11.7 Å². The maximum absolute atomic E-state index is 12.7. The van der Waals surface area contributed by atoms with Gasteiger partial charge in [0.1, 0.15) is 5.82 Å². The number of halogens is 1. The quantitative estimate of drug-likeness (QED) is 0.813. The highest BCUT2D eigenvalue weighted by molar-refractivity contribution is 7.91. The van der Waals surface area contributed by atoms with E-state index in [-0.39, 0.29) is 23.5 Å². The van der Waals surface area contributed by atoms with Crippen LogP contribution in [-0.2, 0) is 9.84 Å². The minimum atomic E-state index is -3.07. The SMILES string of the molecule is CC1CNC(c2ccc(F)cn2)CS(=O)(=O)C1. The van der Waals surface area contributed by atoms with Gasteiger partial charge in [-0.1, -0.05) is 6.92 Å². The van der Waals surface area contributed by atoms with Crippen molar-refractivity contribution in [3.8, 4) is 0 Å². The number of nitrogens with one attached hydrogen (secondary N) is 1. The standard InChI is InChI=1S/C11H15FN2O2S/c1-8-4-13-11(7-17(15,16)6-8)10-3-2-9(12)5-14-10/h2-3,5,8,11,13H,4,6-7H2,1H3. The van der Waals surface area contributed by atoms with Crippen molar-refractivity contribution in [3.63, 3.8) is 0 Å². The molecule has 0 radical (unpaired) electrons. The Morgan fingerprint density at radius 3 is 2.82 bits per heavy atom. The van der Waals surface area contributed by atoms with Gasteiger partial charge in [0.25, 0.3) is 0 Å². The summed E-state index contributed by atoms with van der Waals surface area (Å²) in [6, 6.07) is 2.48. The third kappa shape index (κ3) is 3.23. The molecule has 1 fully saturated rings. The molecular formula is C11H15FN2O2S. The highest BCUT2D eigenvalue weighted by Gasteiger charge is 2.27. The highest BCUT2D eigenvalue weighted by Crippen LogP contribution is 2.18. The van der Waals surface area contributed by atoms with E-state index in [9.17, 15) is 12.8 Å². The Morgan fingerprint density at radius 1 is 1.41 bits per heavy atom. The molecule has 0 saturated carbocycles. The van der Waals surface area contributed by atoms with Crippen molar-refractivity contribution >= 4 is 9.84 Å². The lowest BCUT2D eigenvalue weighted by molar-refractivity contribution is 0.508. The highest BCUT2D eigenvalue weighted by atomic mass is 32.2. The van der Waals surface area contributed by atoms with Gasteiger partial charge in [-0.05, 0) is 24.6 Å². The van der Waals surface area contributed by atoms with Crippen LogP contribution in [0.15, 0.2) is 18.3 Å². The number of rotatable bonds is 1. The molecule has 94 valence electrons. The monoisotopic (exact) mass is 258 g/mol. The zero-order valence-corrected chi connectivity index (χ0v) is 10.4. The van der Waals surface area contributed by atoms with Gasteiger partial charge in [-0.3, -0.25) is 4.98 Å². The Labute approximate surface area is 100 Å². The molecule has 2 heterocycles. The fourth-order valence-corrected chi connectivity index (χ4v) is 3.92. The summed E-state index contributed by atoms with van der Waals surface area (Å²) in [6.07, 6.45) is 1.11. The predicted molar refractivity (Wildman–Crippen MR) is 62.8 cm³/mol. The smallest absolute Gasteiger partial charge is 0.152 e. The molecule has 6 heteroatoms. The second kappa shape index (κ2) is 4.70. The van der Waals surface area contributed by atoms with Crippen LogP contribution in [0.5, 0.6) is 0 Å². The molecule has 2 atom stereocenters. The lowest BCUT2D eigenvalue weighted by Gasteiger charge is -2.14. The van der Waals surface area contributed by atoms with Gasteiger partial charge in [0.15, 0.2) is 9.84 Å². The van der Waals surface area contributed by atoms with Crippen LogP contribution in [0.25, 0.3) is 0 Å². The molecule has 1 saturated heterocycles. The average Bonchev–Trinajstić information content (AvgIpc) is 2.37. The van der Waals surface area contributed by atoms with E-state index in [0.717, 1.165) is 6.20 Å². The van der Waals surface area contributed by atoms with E-state index in [2.05, 4.69) is 10.3 Å². The summed E-state index contributed by atoms with van der Waals surface area (Å²) in [5, 5.41) is 3.16. The van der Waals surface area contributed by atoms with E-state index < -0.39 is 15.7 Å². The van der Waals surface area contributed by atoms with Crippen molar-refractivity contribution in [1.29, 1.82) is 0 Å². The van der Waals surface area contributed by atoms with Crippen molar-refractivity contribution in [2.24, 2.45) is 5.92 Å². The Hall–Kier alpha value is -1.01. The number of hydrogen-bond donors (Lipinski definition) is 1. The topological polar surface area (TPSA) is 59.1 Å². The molecule has 4 nitrogen and oxygen atoms in total. The molecule has 1 aromatic rings. The molecule has 1 aromatic heterocycles. The van der Waals surface area contributed by atoms with Gasteiger partial charge in [0.2, 0.25) is 0 Å². The Balaban J connectivity index is 2.24. The third-order valence-corrected chi connectivity index (χ3v) is 4.70. The molecular weight excluding hydrogens is 243 g/mol. The van der Waals surface area contributed by atoms with Crippen molar-refractivity contribution in [2.45, 2.75) is 13.0 Å². The second-order valence-electron chi connectivity index (χ2n) is 4.54. The summed E-state index contributed by atoms with van der Waals surface area (Å²) in [5.41, 5.74) is 0.573. The maximum Gasteiger partial charge on any atom is 0.152 e. The molecule has 17 heavy (non-hydrogen) atoms. The first-order valence-electron chi connectivity index (χ1n) is 5.51. The van der Waals surface area contributed by atoms with E-state index in [1.807, 2.05) is 6.92 Å². The van der Waals surface area contributed by atoms with Gasteiger partial charge in [-0.2, -0.15) is 0 Å². The first-order valence-corrected chi connectivity index (χ1v) is 7.34. The first-order chi connectivity index (χ1) is 7.96. The number of aromatic nitrogens is 1. The molecule has 1 N–H and O–H groups in total. The van der Waals surface area contributed by atoms with Crippen LogP contribution in [0.1, 0.15) is 18.7 Å². The summed E-state index contributed by atoms with van der Waals surface area (Å²) >= 11 is 0. The van der Waals surface area contributed by atoms with Gasteiger partial charge < -0.3 is 5.32 Å². The fraction of sp³-hybridized carbons (Fsp3) is 0.545. The van der Waals surface area contributed by atoms with Gasteiger partial charge in [0, 0.05) is 0 Å². The third-order valence-electron chi connectivity index (χ3n) is 2.78. The molecule has 0 amide bonds. The van der Waals surface area contributed by atoms with Gasteiger partial charge >= 0.3 is 0 Å². The largest absolute Gasteiger partial charge is 0.307 e. The van der Waals surface area contributed by atoms with Crippen molar-refractivity contribution < 1.29 is 12.8 Å². The van der Waals surface area contributed by atoms with Crippen molar-refractivity contribution in [3.05, 3.63) is 29.8 Å². The van der Waals surface area contributed by atoms with E-state index in [4.69, 9.17) is 0 Å². The molecule has 1 aliphatic rings. The Kier molecular flexibility index (Phi) is 3.44. The molecule has 1 aliphatic heterocycles. The molecule has 0 aliphatic carbocycles.